The molecule has 12 heteroatoms. The maximum atomic E-state index is 13.3. The van der Waals surface area contributed by atoms with Gasteiger partial charge in [0, 0.05) is 30.3 Å². The fourth-order valence-corrected chi connectivity index (χ4v) is 9.98. The van der Waals surface area contributed by atoms with Gasteiger partial charge in [-0.25, -0.2) is 9.46 Å². The molecule has 5 rings (SSSR count). The van der Waals surface area contributed by atoms with E-state index in [0.29, 0.717) is 18.6 Å². The normalized spacial score (nSPS) is 17.4. The van der Waals surface area contributed by atoms with Crippen molar-refractivity contribution in [2.24, 2.45) is 0 Å². The minimum atomic E-state index is -1.54. The fraction of sp³-hybridized carbons (Fsp3) is 0.551. The fourth-order valence-electron chi connectivity index (χ4n) is 8.19. The summed E-state index contributed by atoms with van der Waals surface area (Å²) in [7, 11) is 1.76. The van der Waals surface area contributed by atoms with Crippen molar-refractivity contribution in [2.75, 3.05) is 27.4 Å². The lowest BCUT2D eigenvalue weighted by atomic mass is 9.80. The van der Waals surface area contributed by atoms with Crippen molar-refractivity contribution in [1.29, 1.82) is 0 Å². The summed E-state index contributed by atoms with van der Waals surface area (Å²) in [6.45, 7) is 13.3. The zero-order valence-electron chi connectivity index (χ0n) is 37.8. The minimum Gasteiger partial charge on any atom is -0.497 e. The molecule has 0 spiro atoms. The number of H-pyrrole nitrogens is 1. The Kier molecular flexibility index (Phi) is 19.1. The number of nitrogens with one attached hydrogen (secondary N) is 1. The van der Waals surface area contributed by atoms with Gasteiger partial charge >= 0.3 is 5.69 Å². The van der Waals surface area contributed by atoms with Crippen molar-refractivity contribution >= 4 is 8.53 Å². The average Bonchev–Trinajstić information content (AvgIpc) is 3.66. The predicted octanol–water partition coefficient (Wildman–Crippen LogP) is 10.8. The zero-order chi connectivity index (χ0) is 43.8. The Morgan fingerprint density at radius 1 is 0.770 bits per heavy atom. The Balaban J connectivity index is 1.46. The van der Waals surface area contributed by atoms with Crippen molar-refractivity contribution in [3.05, 3.63) is 128 Å². The Bertz CT molecular complexity index is 1930. The Hall–Kier alpha value is -3.83. The first-order valence-corrected chi connectivity index (χ1v) is 23.5. The molecule has 1 unspecified atom stereocenters. The van der Waals surface area contributed by atoms with E-state index < -0.39 is 43.8 Å². The van der Waals surface area contributed by atoms with Crippen molar-refractivity contribution in [2.45, 2.75) is 148 Å². The van der Waals surface area contributed by atoms with Crippen LogP contribution in [0, 0.1) is 6.92 Å². The summed E-state index contributed by atoms with van der Waals surface area (Å²) in [6, 6.07) is 26.2. The van der Waals surface area contributed by atoms with Crippen LogP contribution >= 0.6 is 8.53 Å². The number of benzene rings is 3. The molecule has 61 heavy (non-hydrogen) atoms. The van der Waals surface area contributed by atoms with Gasteiger partial charge in [-0.15, -0.1) is 0 Å². The van der Waals surface area contributed by atoms with Crippen LogP contribution in [0.2, 0.25) is 0 Å². The molecule has 0 amide bonds. The lowest BCUT2D eigenvalue weighted by Gasteiger charge is -2.39. The van der Waals surface area contributed by atoms with Gasteiger partial charge in [0.15, 0.2) is 0 Å². The highest BCUT2D eigenvalue weighted by atomic mass is 31.2. The summed E-state index contributed by atoms with van der Waals surface area (Å²) in [6.07, 6.45) is 12.4. The van der Waals surface area contributed by atoms with E-state index in [4.69, 9.17) is 28.0 Å². The monoisotopic (exact) mass is 859 g/mol. The molecule has 1 saturated heterocycles. The van der Waals surface area contributed by atoms with E-state index in [1.807, 2.05) is 66.7 Å². The van der Waals surface area contributed by atoms with Crippen LogP contribution in [-0.4, -0.2) is 65.9 Å². The minimum absolute atomic E-state index is 0.0934. The van der Waals surface area contributed by atoms with Crippen molar-refractivity contribution in [1.82, 2.24) is 14.2 Å². The average molecular weight is 860 g/mol. The van der Waals surface area contributed by atoms with Crippen LogP contribution in [0.1, 0.15) is 134 Å². The van der Waals surface area contributed by atoms with E-state index in [2.05, 4.69) is 56.4 Å². The third-order valence-electron chi connectivity index (χ3n) is 11.4. The lowest BCUT2D eigenvalue weighted by molar-refractivity contribution is -0.0926. The van der Waals surface area contributed by atoms with Crippen LogP contribution < -0.4 is 20.7 Å². The molecule has 11 nitrogen and oxygen atoms in total. The number of nitrogens with zero attached hydrogens (tertiary/aromatic N) is 2. The topological polar surface area (TPSA) is 113 Å². The number of aryl methyl sites for hydroxylation is 1. The summed E-state index contributed by atoms with van der Waals surface area (Å²) in [4.78, 5) is 28.2. The zero-order valence-corrected chi connectivity index (χ0v) is 38.7. The third kappa shape index (κ3) is 12.9. The molecule has 3 aromatic carbocycles. The summed E-state index contributed by atoms with van der Waals surface area (Å²) >= 11 is 0. The molecular weight excluding hydrogens is 790 g/mol. The van der Waals surface area contributed by atoms with Gasteiger partial charge < -0.3 is 28.0 Å². The molecule has 1 aliphatic rings. The second-order valence-corrected chi connectivity index (χ2v) is 18.0. The molecular formula is C49H70N3O8P. The Labute approximate surface area is 365 Å². The molecule has 4 aromatic rings. The summed E-state index contributed by atoms with van der Waals surface area (Å²) < 4.78 is 42.9. The number of unbranched alkanes of at least 4 members (excludes halogenated alkanes) is 9. The molecule has 0 aliphatic carbocycles. The molecule has 1 fully saturated rings. The number of hydrogen-bond donors (Lipinski definition) is 1. The van der Waals surface area contributed by atoms with E-state index >= 15 is 0 Å². The largest absolute Gasteiger partial charge is 0.497 e. The molecule has 1 aliphatic heterocycles. The van der Waals surface area contributed by atoms with Gasteiger partial charge in [0.1, 0.15) is 29.4 Å². The van der Waals surface area contributed by atoms with Gasteiger partial charge in [-0.05, 0) is 82.0 Å². The molecule has 0 saturated carbocycles. The third-order valence-corrected chi connectivity index (χ3v) is 13.6. The van der Waals surface area contributed by atoms with Crippen molar-refractivity contribution < 1.29 is 28.0 Å². The van der Waals surface area contributed by atoms with E-state index in [-0.39, 0.29) is 18.7 Å². The molecule has 1 aromatic heterocycles. The molecule has 0 radical (unpaired) electrons. The predicted molar refractivity (Wildman–Crippen MR) is 245 cm³/mol. The van der Waals surface area contributed by atoms with E-state index in [1.165, 1.54) is 55.9 Å². The smallest absolute Gasteiger partial charge is 0.330 e. The SMILES string of the molecule is CCCCCCCCCCCCOP(O[C@H]1C[C@H](n2cc(C)c(=O)[nH]c2=O)O[C@@H]1COC(c1ccccc1)(c1ccc(OC)cc1)c1ccc(OC)cc1)N(C(C)C)C(C)C. The van der Waals surface area contributed by atoms with E-state index in [9.17, 15) is 9.59 Å². The van der Waals surface area contributed by atoms with E-state index in [0.717, 1.165) is 41.0 Å². The summed E-state index contributed by atoms with van der Waals surface area (Å²) in [5.41, 5.74) is 1.03. The number of hydrogen-bond acceptors (Lipinski definition) is 9. The van der Waals surface area contributed by atoms with Crippen LogP contribution in [0.5, 0.6) is 11.5 Å². The Morgan fingerprint density at radius 2 is 1.30 bits per heavy atom. The molecule has 1 N–H and O–H groups in total. The number of aromatic nitrogens is 2. The van der Waals surface area contributed by atoms with Gasteiger partial charge in [0.25, 0.3) is 14.1 Å². The number of ether oxygens (including phenoxy) is 4. The molecule has 2 heterocycles. The first-order chi connectivity index (χ1) is 29.5. The molecule has 4 atom stereocenters. The Morgan fingerprint density at radius 3 is 1.82 bits per heavy atom. The highest BCUT2D eigenvalue weighted by Crippen LogP contribution is 2.51. The van der Waals surface area contributed by atoms with Crippen molar-refractivity contribution in [3.63, 3.8) is 0 Å². The molecule has 334 valence electrons. The van der Waals surface area contributed by atoms with Crippen LogP contribution in [-0.2, 0) is 24.1 Å². The lowest BCUT2D eigenvalue weighted by Crippen LogP contribution is -2.39. The van der Waals surface area contributed by atoms with Crippen molar-refractivity contribution in [3.8, 4) is 11.5 Å². The second-order valence-electron chi connectivity index (χ2n) is 16.6. The van der Waals surface area contributed by atoms with Crippen LogP contribution in [0.25, 0.3) is 0 Å². The highest BCUT2D eigenvalue weighted by Gasteiger charge is 2.45. The first kappa shape index (κ1) is 48.2. The van der Waals surface area contributed by atoms with Gasteiger partial charge in [-0.3, -0.25) is 14.3 Å². The molecule has 0 bridgehead atoms. The second kappa shape index (κ2) is 24.1. The van der Waals surface area contributed by atoms with Gasteiger partial charge in [-0.2, -0.15) is 0 Å². The maximum Gasteiger partial charge on any atom is 0.330 e. The van der Waals surface area contributed by atoms with E-state index in [1.54, 1.807) is 27.3 Å². The standard InChI is InChI=1S/C49H70N3O8P/c1-9-10-11-12-13-14-15-16-17-21-32-58-61(52(36(2)3)37(4)5)60-44-33-46(51-34-38(6)47(53)50-48(51)54)59-45(44)35-57-49(39-22-19-18-20-23-39,40-24-28-42(55-7)29-25-40)41-26-30-43(56-8)31-27-41/h18-20,22-31,34,36-37,44-46H,9-17,21,32-33,35H2,1-8H3,(H,50,53,54)/t44-,45+,46+,61?/m0/s1. The van der Waals surface area contributed by atoms with Crippen LogP contribution in [0.4, 0.5) is 0 Å². The van der Waals surface area contributed by atoms with Gasteiger partial charge in [-0.1, -0.05) is 119 Å². The number of methoxy groups -OCH3 is 2. The number of aromatic amines is 1. The quantitative estimate of drug-likeness (QED) is 0.0374. The highest BCUT2D eigenvalue weighted by molar-refractivity contribution is 7.44. The number of rotatable bonds is 26. The first-order valence-electron chi connectivity index (χ1n) is 22.4. The van der Waals surface area contributed by atoms with Crippen LogP contribution in [0.3, 0.4) is 0 Å². The van der Waals surface area contributed by atoms with Gasteiger partial charge in [0.2, 0.25) is 0 Å². The summed E-state index contributed by atoms with van der Waals surface area (Å²) in [5.74, 6) is 1.45. The van der Waals surface area contributed by atoms with Gasteiger partial charge in [0.05, 0.1) is 33.5 Å². The summed E-state index contributed by atoms with van der Waals surface area (Å²) in [5, 5.41) is 0. The van der Waals surface area contributed by atoms with Crippen LogP contribution in [0.15, 0.2) is 94.6 Å². The maximum absolute atomic E-state index is 13.3.